The Hall–Kier alpha value is -0.300. The van der Waals surface area contributed by atoms with Crippen LogP contribution in [-0.2, 0) is 10.0 Å². The minimum absolute atomic E-state index is 0. The summed E-state index contributed by atoms with van der Waals surface area (Å²) in [6.45, 7) is 7.69. The van der Waals surface area contributed by atoms with Crippen molar-refractivity contribution in [2.45, 2.75) is 52.0 Å². The zero-order valence-electron chi connectivity index (χ0n) is 16.4. The van der Waals surface area contributed by atoms with Crippen molar-refractivity contribution in [1.82, 2.24) is 14.9 Å². The van der Waals surface area contributed by atoms with Crippen molar-refractivity contribution < 1.29 is 21.6 Å². The highest BCUT2D eigenvalue weighted by atomic mass is 127. The number of halogens is 4. The summed E-state index contributed by atoms with van der Waals surface area (Å²) in [6.07, 6.45) is 2.88. The molecule has 1 rings (SSSR count). The molecule has 0 spiro atoms. The van der Waals surface area contributed by atoms with Crippen LogP contribution in [0.2, 0.25) is 0 Å². The fourth-order valence-electron chi connectivity index (χ4n) is 2.79. The molecule has 27 heavy (non-hydrogen) atoms. The topological polar surface area (TPSA) is 73.8 Å². The van der Waals surface area contributed by atoms with Gasteiger partial charge in [0, 0.05) is 33.2 Å². The summed E-state index contributed by atoms with van der Waals surface area (Å²) in [5, 5.41) is 6.39. The number of nitrogens with one attached hydrogen (secondary N) is 2. The molecule has 0 unspecified atom stereocenters. The number of rotatable bonds is 6. The maximum absolute atomic E-state index is 12.6. The van der Waals surface area contributed by atoms with Crippen molar-refractivity contribution in [3.63, 3.8) is 0 Å². The lowest BCUT2D eigenvalue weighted by atomic mass is 9.91. The third-order valence-electron chi connectivity index (χ3n) is 4.38. The molecule has 162 valence electrons. The van der Waals surface area contributed by atoms with Gasteiger partial charge >= 0.3 is 15.5 Å². The largest absolute Gasteiger partial charge is 0.511 e. The zero-order valence-corrected chi connectivity index (χ0v) is 19.5. The fourth-order valence-corrected chi connectivity index (χ4v) is 3.77. The summed E-state index contributed by atoms with van der Waals surface area (Å²) in [5.41, 5.74) is -4.94. The van der Waals surface area contributed by atoms with Gasteiger partial charge in [-0.2, -0.15) is 17.5 Å². The zero-order chi connectivity index (χ0) is 20.0. The van der Waals surface area contributed by atoms with Crippen LogP contribution in [0, 0.1) is 11.3 Å². The number of nitrogens with zero attached hydrogens (tertiary/aromatic N) is 2. The lowest BCUT2D eigenvalue weighted by Crippen LogP contribution is -2.47. The number of piperidine rings is 1. The van der Waals surface area contributed by atoms with Gasteiger partial charge in [0.1, 0.15) is 0 Å². The predicted octanol–water partition coefficient (Wildman–Crippen LogP) is 3.16. The van der Waals surface area contributed by atoms with Crippen LogP contribution >= 0.6 is 24.0 Å². The maximum atomic E-state index is 12.6. The Morgan fingerprint density at radius 2 is 1.70 bits per heavy atom. The summed E-state index contributed by atoms with van der Waals surface area (Å²) in [5.74, 6) is 0.770. The van der Waals surface area contributed by atoms with Crippen LogP contribution in [0.5, 0.6) is 0 Å². The summed E-state index contributed by atoms with van der Waals surface area (Å²) < 4.78 is 61.0. The van der Waals surface area contributed by atoms with Gasteiger partial charge < -0.3 is 10.6 Å². The second-order valence-electron chi connectivity index (χ2n) is 7.84. The molecule has 2 N–H and O–H groups in total. The lowest BCUT2D eigenvalue weighted by molar-refractivity contribution is -0.0496. The van der Waals surface area contributed by atoms with Gasteiger partial charge in [0.05, 0.1) is 0 Å². The molecule has 0 saturated carbocycles. The number of alkyl halides is 3. The minimum atomic E-state index is -5.23. The van der Waals surface area contributed by atoms with Gasteiger partial charge in [-0.1, -0.05) is 20.8 Å². The van der Waals surface area contributed by atoms with Gasteiger partial charge in [-0.05, 0) is 37.0 Å². The van der Waals surface area contributed by atoms with Crippen molar-refractivity contribution in [1.29, 1.82) is 0 Å². The van der Waals surface area contributed by atoms with Crippen LogP contribution in [0.25, 0.3) is 0 Å². The van der Waals surface area contributed by atoms with Gasteiger partial charge in [0.25, 0.3) is 0 Å². The summed E-state index contributed by atoms with van der Waals surface area (Å²) >= 11 is 0. The second-order valence-corrected chi connectivity index (χ2v) is 9.77. The molecule has 1 aliphatic rings. The molecule has 0 radical (unpaired) electrons. The molecule has 0 aromatic carbocycles. The first-order valence-electron chi connectivity index (χ1n) is 8.88. The van der Waals surface area contributed by atoms with E-state index in [1.807, 2.05) is 0 Å². The smallest absolute Gasteiger partial charge is 0.356 e. The van der Waals surface area contributed by atoms with E-state index in [1.54, 1.807) is 7.05 Å². The maximum Gasteiger partial charge on any atom is 0.511 e. The normalized spacial score (nSPS) is 18.1. The van der Waals surface area contributed by atoms with Crippen LogP contribution in [0.15, 0.2) is 4.99 Å². The Labute approximate surface area is 177 Å². The van der Waals surface area contributed by atoms with E-state index in [9.17, 15) is 21.6 Å². The van der Waals surface area contributed by atoms with E-state index >= 15 is 0 Å². The monoisotopic (exact) mass is 528 g/mol. The third-order valence-corrected chi connectivity index (χ3v) is 6.01. The molecular formula is C16H32F3IN4O2S. The Morgan fingerprint density at radius 3 is 2.15 bits per heavy atom. The molecule has 11 heteroatoms. The van der Waals surface area contributed by atoms with E-state index in [0.717, 1.165) is 19.4 Å². The van der Waals surface area contributed by atoms with Crippen LogP contribution < -0.4 is 10.6 Å². The van der Waals surface area contributed by atoms with Gasteiger partial charge in [-0.25, -0.2) is 8.42 Å². The highest BCUT2D eigenvalue weighted by Crippen LogP contribution is 2.30. The number of hydrogen-bond donors (Lipinski definition) is 2. The molecule has 1 heterocycles. The average molecular weight is 528 g/mol. The first-order chi connectivity index (χ1) is 11.9. The van der Waals surface area contributed by atoms with Gasteiger partial charge in [0.2, 0.25) is 0 Å². The Bertz CT molecular complexity index is 569. The Balaban J connectivity index is 0.00000676. The molecular weight excluding hydrogens is 496 g/mol. The molecule has 0 aliphatic carbocycles. The standard InChI is InChI=1S/C16H31F3N4O2S.HI/c1-15(2,3)8-5-9-21-14(20-4)22-12-13-6-10-23(11-7-13)26(24,25)16(17,18)19;/h13H,5-12H2,1-4H3,(H2,20,21,22);1H. The van der Waals surface area contributed by atoms with Crippen molar-refractivity contribution in [3.05, 3.63) is 0 Å². The minimum Gasteiger partial charge on any atom is -0.356 e. The highest BCUT2D eigenvalue weighted by Gasteiger charge is 2.50. The Morgan fingerprint density at radius 1 is 1.15 bits per heavy atom. The molecule has 6 nitrogen and oxygen atoms in total. The third kappa shape index (κ3) is 9.16. The van der Waals surface area contributed by atoms with E-state index in [0.29, 0.717) is 29.7 Å². The number of hydrogen-bond acceptors (Lipinski definition) is 3. The molecule has 1 aliphatic heterocycles. The van der Waals surface area contributed by atoms with E-state index in [2.05, 4.69) is 36.4 Å². The van der Waals surface area contributed by atoms with Crippen molar-refractivity contribution >= 4 is 40.0 Å². The lowest BCUT2D eigenvalue weighted by Gasteiger charge is -2.31. The van der Waals surface area contributed by atoms with Crippen LogP contribution in [0.4, 0.5) is 13.2 Å². The molecule has 0 aromatic heterocycles. The first kappa shape index (κ1) is 26.7. The molecule has 0 amide bonds. The van der Waals surface area contributed by atoms with E-state index in [1.165, 1.54) is 0 Å². The highest BCUT2D eigenvalue weighted by molar-refractivity contribution is 14.0. The van der Waals surface area contributed by atoms with Gasteiger partial charge in [-0.3, -0.25) is 4.99 Å². The van der Waals surface area contributed by atoms with Crippen molar-refractivity contribution in [3.8, 4) is 0 Å². The molecule has 1 fully saturated rings. The summed E-state index contributed by atoms with van der Waals surface area (Å²) in [7, 11) is -3.54. The van der Waals surface area contributed by atoms with Crippen molar-refractivity contribution in [2.75, 3.05) is 33.2 Å². The number of aliphatic imine (C=N–C) groups is 1. The Kier molecular flexibility index (Phi) is 10.9. The summed E-state index contributed by atoms with van der Waals surface area (Å²) in [6, 6.07) is 0. The molecule has 1 saturated heterocycles. The molecule has 0 bridgehead atoms. The van der Waals surface area contributed by atoms with Crippen LogP contribution in [0.1, 0.15) is 46.5 Å². The van der Waals surface area contributed by atoms with Gasteiger partial charge in [-0.15, -0.1) is 24.0 Å². The summed E-state index contributed by atoms with van der Waals surface area (Å²) in [4.78, 5) is 4.13. The SMILES string of the molecule is CN=C(NCCCC(C)(C)C)NCC1CCN(S(=O)(=O)C(F)(F)F)CC1.I. The van der Waals surface area contributed by atoms with E-state index < -0.39 is 15.5 Å². The molecule has 0 aromatic rings. The predicted molar refractivity (Wildman–Crippen MR) is 113 cm³/mol. The number of sulfonamides is 1. The molecule has 0 atom stereocenters. The van der Waals surface area contributed by atoms with Gasteiger partial charge in [0.15, 0.2) is 5.96 Å². The van der Waals surface area contributed by atoms with Crippen molar-refractivity contribution in [2.24, 2.45) is 16.3 Å². The average Bonchev–Trinajstić information content (AvgIpc) is 2.52. The van der Waals surface area contributed by atoms with E-state index in [-0.39, 0.29) is 48.4 Å². The first-order valence-corrected chi connectivity index (χ1v) is 10.3. The number of guanidine groups is 1. The fraction of sp³-hybridized carbons (Fsp3) is 0.938. The quantitative estimate of drug-likeness (QED) is 0.241. The second kappa shape index (κ2) is 11.0. The van der Waals surface area contributed by atoms with Crippen LogP contribution in [-0.4, -0.2) is 57.4 Å². The van der Waals surface area contributed by atoms with Crippen LogP contribution in [0.3, 0.4) is 0 Å². The van der Waals surface area contributed by atoms with E-state index in [4.69, 9.17) is 0 Å².